The van der Waals surface area contributed by atoms with Gasteiger partial charge < -0.3 is 10.6 Å². The largest absolute Gasteiger partial charge is 0.370 e. The fraction of sp³-hybridized carbons (Fsp3) is 0.733. The van der Waals surface area contributed by atoms with E-state index >= 15 is 0 Å². The van der Waals surface area contributed by atoms with Crippen molar-refractivity contribution in [3.8, 4) is 0 Å². The lowest BCUT2D eigenvalue weighted by atomic mass is 9.80. The van der Waals surface area contributed by atoms with E-state index in [2.05, 4.69) is 41.4 Å². The summed E-state index contributed by atoms with van der Waals surface area (Å²) in [6.07, 6.45) is 3.86. The first-order chi connectivity index (χ1) is 9.08. The average molecular weight is 262 g/mol. The van der Waals surface area contributed by atoms with Crippen molar-refractivity contribution in [3.63, 3.8) is 0 Å². The Kier molecular flexibility index (Phi) is 4.61. The van der Waals surface area contributed by atoms with Gasteiger partial charge in [0.15, 0.2) is 0 Å². The summed E-state index contributed by atoms with van der Waals surface area (Å²) in [6.45, 7) is 9.60. The number of aryl methyl sites for hydroxylation is 1. The first-order valence-electron chi connectivity index (χ1n) is 7.44. The highest BCUT2D eigenvalue weighted by Crippen LogP contribution is 2.30. The maximum atomic E-state index is 4.50. The molecule has 0 aromatic carbocycles. The third kappa shape index (κ3) is 3.82. The van der Waals surface area contributed by atoms with Crippen molar-refractivity contribution in [1.82, 2.24) is 9.97 Å². The Morgan fingerprint density at radius 1 is 1.21 bits per heavy atom. The molecule has 0 saturated heterocycles. The maximum absolute atomic E-state index is 4.50. The smallest absolute Gasteiger partial charge is 0.132 e. The van der Waals surface area contributed by atoms with E-state index in [4.69, 9.17) is 0 Å². The summed E-state index contributed by atoms with van der Waals surface area (Å²) in [6, 6.07) is 2.56. The van der Waals surface area contributed by atoms with Gasteiger partial charge in [0.25, 0.3) is 0 Å². The lowest BCUT2D eigenvalue weighted by Crippen LogP contribution is -2.33. The van der Waals surface area contributed by atoms with Crippen LogP contribution in [0.4, 0.5) is 11.6 Å². The molecule has 106 valence electrons. The first kappa shape index (κ1) is 14.1. The summed E-state index contributed by atoms with van der Waals surface area (Å²) >= 11 is 0. The van der Waals surface area contributed by atoms with Gasteiger partial charge in [-0.2, -0.15) is 0 Å². The number of nitrogens with zero attached hydrogens (tertiary/aromatic N) is 2. The number of hydrogen-bond acceptors (Lipinski definition) is 4. The third-order valence-electron chi connectivity index (χ3n) is 3.96. The summed E-state index contributed by atoms with van der Waals surface area (Å²) < 4.78 is 0. The second kappa shape index (κ2) is 6.22. The van der Waals surface area contributed by atoms with Gasteiger partial charge >= 0.3 is 0 Å². The Labute approximate surface area is 116 Å². The third-order valence-corrected chi connectivity index (χ3v) is 3.96. The van der Waals surface area contributed by atoms with Gasteiger partial charge in [-0.05, 0) is 44.9 Å². The maximum Gasteiger partial charge on any atom is 0.132 e. The van der Waals surface area contributed by atoms with Gasteiger partial charge in [-0.1, -0.05) is 13.8 Å². The van der Waals surface area contributed by atoms with E-state index in [9.17, 15) is 0 Å². The minimum absolute atomic E-state index is 0.542. The first-order valence-corrected chi connectivity index (χ1v) is 7.44. The van der Waals surface area contributed by atoms with E-state index in [0.717, 1.165) is 29.9 Å². The molecule has 1 heterocycles. The van der Waals surface area contributed by atoms with Crippen LogP contribution in [-0.2, 0) is 0 Å². The number of rotatable bonds is 4. The fourth-order valence-electron chi connectivity index (χ4n) is 2.98. The molecule has 0 bridgehead atoms. The van der Waals surface area contributed by atoms with Gasteiger partial charge in [-0.15, -0.1) is 0 Å². The quantitative estimate of drug-likeness (QED) is 0.872. The van der Waals surface area contributed by atoms with E-state index in [1.165, 1.54) is 19.3 Å². The summed E-state index contributed by atoms with van der Waals surface area (Å²) in [5.74, 6) is 4.25. The highest BCUT2D eigenvalue weighted by atomic mass is 15.1. The van der Waals surface area contributed by atoms with Crippen LogP contribution < -0.4 is 10.6 Å². The molecular weight excluding hydrogens is 236 g/mol. The molecule has 1 aliphatic rings. The van der Waals surface area contributed by atoms with E-state index in [0.29, 0.717) is 12.0 Å². The van der Waals surface area contributed by atoms with Crippen LogP contribution in [0.15, 0.2) is 6.07 Å². The van der Waals surface area contributed by atoms with E-state index in [-0.39, 0.29) is 0 Å². The predicted molar refractivity (Wildman–Crippen MR) is 80.5 cm³/mol. The van der Waals surface area contributed by atoms with Crippen molar-refractivity contribution in [1.29, 1.82) is 0 Å². The molecule has 3 atom stereocenters. The van der Waals surface area contributed by atoms with Crippen LogP contribution in [0.3, 0.4) is 0 Å². The van der Waals surface area contributed by atoms with Gasteiger partial charge in [-0.25, -0.2) is 9.97 Å². The van der Waals surface area contributed by atoms with Gasteiger partial charge in [0.1, 0.15) is 17.5 Å². The van der Waals surface area contributed by atoms with Gasteiger partial charge in [0.05, 0.1) is 0 Å². The van der Waals surface area contributed by atoms with Gasteiger partial charge in [-0.3, -0.25) is 0 Å². The monoisotopic (exact) mass is 262 g/mol. The number of aromatic nitrogens is 2. The van der Waals surface area contributed by atoms with Gasteiger partial charge in [0, 0.05) is 18.7 Å². The molecule has 2 rings (SSSR count). The molecule has 4 heteroatoms. The highest BCUT2D eigenvalue weighted by Gasteiger charge is 2.25. The lowest BCUT2D eigenvalue weighted by molar-refractivity contribution is 0.276. The summed E-state index contributed by atoms with van der Waals surface area (Å²) in [5.41, 5.74) is 0. The molecule has 1 saturated carbocycles. The van der Waals surface area contributed by atoms with Crippen LogP contribution in [0, 0.1) is 18.8 Å². The number of anilines is 2. The van der Waals surface area contributed by atoms with Crippen LogP contribution in [-0.4, -0.2) is 22.6 Å². The van der Waals surface area contributed by atoms with Gasteiger partial charge in [0.2, 0.25) is 0 Å². The zero-order valence-electron chi connectivity index (χ0n) is 12.5. The Balaban J connectivity index is 2.05. The lowest BCUT2D eigenvalue weighted by Gasteiger charge is -2.33. The highest BCUT2D eigenvalue weighted by molar-refractivity contribution is 5.48. The topological polar surface area (TPSA) is 49.8 Å². The molecule has 3 unspecified atom stereocenters. The van der Waals surface area contributed by atoms with Crippen LogP contribution >= 0.6 is 0 Å². The standard InChI is InChI=1S/C15H26N4/c1-5-16-14-9-15(18-12(4)17-14)19-13-7-6-10(2)8-11(13)3/h9-11,13H,5-8H2,1-4H3,(H2,16,17,18,19). The minimum Gasteiger partial charge on any atom is -0.370 e. The molecule has 1 aromatic rings. The Morgan fingerprint density at radius 2 is 1.95 bits per heavy atom. The van der Waals surface area contributed by atoms with Crippen molar-refractivity contribution >= 4 is 11.6 Å². The Hall–Kier alpha value is -1.32. The molecule has 0 spiro atoms. The molecular formula is C15H26N4. The molecule has 1 aliphatic carbocycles. The molecule has 1 fully saturated rings. The molecule has 4 nitrogen and oxygen atoms in total. The van der Waals surface area contributed by atoms with Crippen molar-refractivity contribution in [2.24, 2.45) is 11.8 Å². The molecule has 0 amide bonds. The minimum atomic E-state index is 0.542. The predicted octanol–water partition coefficient (Wildman–Crippen LogP) is 3.45. The van der Waals surface area contributed by atoms with Crippen LogP contribution in [0.1, 0.15) is 45.9 Å². The zero-order chi connectivity index (χ0) is 13.8. The summed E-state index contributed by atoms with van der Waals surface area (Å²) in [5, 5.41) is 6.85. The summed E-state index contributed by atoms with van der Waals surface area (Å²) in [7, 11) is 0. The molecule has 19 heavy (non-hydrogen) atoms. The van der Waals surface area contributed by atoms with E-state index in [1.54, 1.807) is 0 Å². The zero-order valence-corrected chi connectivity index (χ0v) is 12.5. The number of hydrogen-bond donors (Lipinski definition) is 2. The van der Waals surface area contributed by atoms with E-state index < -0.39 is 0 Å². The normalized spacial score (nSPS) is 27.1. The van der Waals surface area contributed by atoms with Crippen LogP contribution in [0.25, 0.3) is 0 Å². The van der Waals surface area contributed by atoms with Crippen LogP contribution in [0.5, 0.6) is 0 Å². The second-order valence-corrected chi connectivity index (χ2v) is 5.86. The van der Waals surface area contributed by atoms with Crippen molar-refractivity contribution in [3.05, 3.63) is 11.9 Å². The molecule has 0 aliphatic heterocycles. The number of nitrogens with one attached hydrogen (secondary N) is 2. The molecule has 0 radical (unpaired) electrons. The Bertz CT molecular complexity index is 419. The Morgan fingerprint density at radius 3 is 2.63 bits per heavy atom. The van der Waals surface area contributed by atoms with Crippen molar-refractivity contribution in [2.45, 2.75) is 53.0 Å². The molecule has 1 aromatic heterocycles. The average Bonchev–Trinajstić information content (AvgIpc) is 2.32. The van der Waals surface area contributed by atoms with Crippen molar-refractivity contribution in [2.75, 3.05) is 17.2 Å². The van der Waals surface area contributed by atoms with Crippen molar-refractivity contribution < 1.29 is 0 Å². The molecule has 2 N–H and O–H groups in total. The SMILES string of the molecule is CCNc1cc(NC2CCC(C)CC2C)nc(C)n1. The van der Waals surface area contributed by atoms with E-state index in [1.807, 2.05) is 13.0 Å². The summed E-state index contributed by atoms with van der Waals surface area (Å²) in [4.78, 5) is 8.89. The second-order valence-electron chi connectivity index (χ2n) is 5.86. The van der Waals surface area contributed by atoms with Crippen LogP contribution in [0.2, 0.25) is 0 Å². The fourth-order valence-corrected chi connectivity index (χ4v) is 2.98.